The predicted molar refractivity (Wildman–Crippen MR) is 88.9 cm³/mol. The van der Waals surface area contributed by atoms with Crippen LogP contribution in [0.4, 0.5) is 11.5 Å². The first kappa shape index (κ1) is 16.4. The molecule has 0 fully saturated rings. The van der Waals surface area contributed by atoms with Gasteiger partial charge in [0.15, 0.2) is 0 Å². The molecular weight excluding hydrogens is 296 g/mol. The minimum Gasteiger partial charge on any atom is -0.491 e. The SMILES string of the molecule is CC[C@H](C)Oc1ccc(/C=N/Nc2ccc([N+](=O)[O-])cn2)cc1. The van der Waals surface area contributed by atoms with Crippen LogP contribution in [0.5, 0.6) is 5.75 Å². The van der Waals surface area contributed by atoms with Gasteiger partial charge in [-0.2, -0.15) is 5.10 Å². The molecule has 23 heavy (non-hydrogen) atoms. The summed E-state index contributed by atoms with van der Waals surface area (Å²) in [6.45, 7) is 4.10. The van der Waals surface area contributed by atoms with Gasteiger partial charge in [-0.1, -0.05) is 6.92 Å². The Bertz CT molecular complexity index is 669. The third-order valence-electron chi connectivity index (χ3n) is 3.14. The van der Waals surface area contributed by atoms with Crippen LogP contribution in [0.3, 0.4) is 0 Å². The topological polar surface area (TPSA) is 89.6 Å². The van der Waals surface area contributed by atoms with Gasteiger partial charge in [-0.15, -0.1) is 0 Å². The molecule has 1 heterocycles. The summed E-state index contributed by atoms with van der Waals surface area (Å²) in [5.41, 5.74) is 3.56. The maximum atomic E-state index is 10.5. The van der Waals surface area contributed by atoms with Crippen molar-refractivity contribution in [1.29, 1.82) is 0 Å². The summed E-state index contributed by atoms with van der Waals surface area (Å²) in [7, 11) is 0. The lowest BCUT2D eigenvalue weighted by Gasteiger charge is -2.12. The van der Waals surface area contributed by atoms with Crippen molar-refractivity contribution >= 4 is 17.7 Å². The highest BCUT2D eigenvalue weighted by molar-refractivity contribution is 5.80. The highest BCUT2D eigenvalue weighted by Gasteiger charge is 2.04. The summed E-state index contributed by atoms with van der Waals surface area (Å²) < 4.78 is 5.70. The van der Waals surface area contributed by atoms with Crippen molar-refractivity contribution in [2.45, 2.75) is 26.4 Å². The molecule has 0 spiro atoms. The number of anilines is 1. The van der Waals surface area contributed by atoms with E-state index in [1.54, 1.807) is 6.21 Å². The van der Waals surface area contributed by atoms with Gasteiger partial charge in [-0.05, 0) is 49.2 Å². The maximum Gasteiger partial charge on any atom is 0.287 e. The van der Waals surface area contributed by atoms with Gasteiger partial charge >= 0.3 is 0 Å². The molecule has 0 radical (unpaired) electrons. The smallest absolute Gasteiger partial charge is 0.287 e. The maximum absolute atomic E-state index is 10.5. The van der Waals surface area contributed by atoms with Crippen molar-refractivity contribution in [3.8, 4) is 5.75 Å². The molecule has 2 aromatic rings. The molecule has 0 saturated carbocycles. The van der Waals surface area contributed by atoms with Crippen LogP contribution in [0, 0.1) is 10.1 Å². The molecule has 0 amide bonds. The molecule has 1 aromatic carbocycles. The third kappa shape index (κ3) is 5.06. The van der Waals surface area contributed by atoms with E-state index in [-0.39, 0.29) is 11.8 Å². The lowest BCUT2D eigenvalue weighted by Crippen LogP contribution is -2.09. The fourth-order valence-electron chi connectivity index (χ4n) is 1.68. The van der Waals surface area contributed by atoms with E-state index in [0.29, 0.717) is 5.82 Å². The molecule has 120 valence electrons. The molecule has 1 N–H and O–H groups in total. The van der Waals surface area contributed by atoms with Crippen LogP contribution in [-0.2, 0) is 0 Å². The van der Waals surface area contributed by atoms with Gasteiger partial charge in [-0.3, -0.25) is 15.5 Å². The molecule has 7 heteroatoms. The minimum absolute atomic E-state index is 0.0589. The van der Waals surface area contributed by atoms with Crippen LogP contribution in [0.2, 0.25) is 0 Å². The molecule has 1 aromatic heterocycles. The first-order chi connectivity index (χ1) is 11.1. The van der Waals surface area contributed by atoms with Gasteiger partial charge in [-0.25, -0.2) is 4.98 Å². The zero-order chi connectivity index (χ0) is 16.7. The Morgan fingerprint density at radius 3 is 2.65 bits per heavy atom. The number of pyridine rings is 1. The zero-order valence-corrected chi connectivity index (χ0v) is 13.0. The molecular formula is C16H18N4O3. The molecule has 0 aliphatic heterocycles. The fourth-order valence-corrected chi connectivity index (χ4v) is 1.68. The Morgan fingerprint density at radius 2 is 2.09 bits per heavy atom. The molecule has 2 rings (SSSR count). The number of aromatic nitrogens is 1. The highest BCUT2D eigenvalue weighted by atomic mass is 16.6. The lowest BCUT2D eigenvalue weighted by molar-refractivity contribution is -0.385. The number of hydrogen-bond acceptors (Lipinski definition) is 6. The van der Waals surface area contributed by atoms with Gasteiger partial charge in [0.25, 0.3) is 5.69 Å². The number of hydrogen-bond donors (Lipinski definition) is 1. The van der Waals surface area contributed by atoms with E-state index in [9.17, 15) is 10.1 Å². The molecule has 0 saturated heterocycles. The molecule has 1 atom stereocenters. The van der Waals surface area contributed by atoms with Gasteiger partial charge in [0.05, 0.1) is 17.2 Å². The van der Waals surface area contributed by atoms with Crippen LogP contribution in [0.15, 0.2) is 47.7 Å². The van der Waals surface area contributed by atoms with Crippen molar-refractivity contribution in [1.82, 2.24) is 4.98 Å². The van der Waals surface area contributed by atoms with Crippen LogP contribution >= 0.6 is 0 Å². The van der Waals surface area contributed by atoms with E-state index in [4.69, 9.17) is 4.74 Å². The van der Waals surface area contributed by atoms with Gasteiger partial charge < -0.3 is 4.74 Å². The number of nitrogens with one attached hydrogen (secondary N) is 1. The van der Waals surface area contributed by atoms with Crippen molar-refractivity contribution in [3.63, 3.8) is 0 Å². The van der Waals surface area contributed by atoms with Crippen LogP contribution < -0.4 is 10.2 Å². The summed E-state index contributed by atoms with van der Waals surface area (Å²) in [6, 6.07) is 10.4. The van der Waals surface area contributed by atoms with Crippen LogP contribution in [0.25, 0.3) is 0 Å². The minimum atomic E-state index is -0.497. The summed E-state index contributed by atoms with van der Waals surface area (Å²) in [4.78, 5) is 13.9. The van der Waals surface area contributed by atoms with E-state index < -0.39 is 4.92 Å². The monoisotopic (exact) mass is 314 g/mol. The number of nitro groups is 1. The zero-order valence-electron chi connectivity index (χ0n) is 13.0. The average Bonchev–Trinajstić information content (AvgIpc) is 2.57. The van der Waals surface area contributed by atoms with E-state index in [1.807, 2.05) is 31.2 Å². The number of nitrogens with zero attached hydrogens (tertiary/aromatic N) is 3. The summed E-state index contributed by atoms with van der Waals surface area (Å²) in [5, 5.41) is 14.6. The molecule has 0 aliphatic carbocycles. The second-order valence-electron chi connectivity index (χ2n) is 4.93. The van der Waals surface area contributed by atoms with E-state index in [1.165, 1.54) is 18.3 Å². The molecule has 0 aliphatic rings. The third-order valence-corrected chi connectivity index (χ3v) is 3.14. The highest BCUT2D eigenvalue weighted by Crippen LogP contribution is 2.14. The number of hydrazone groups is 1. The fraction of sp³-hybridized carbons (Fsp3) is 0.250. The standard InChI is InChI=1S/C16H18N4O3/c1-3-12(2)23-15-7-4-13(5-8-15)10-18-19-16-9-6-14(11-17-16)20(21)22/h4-12H,3H2,1-2H3,(H,17,19)/b18-10+/t12-/m0/s1. The second kappa shape index (κ2) is 7.88. The Hall–Kier alpha value is -2.96. The summed E-state index contributed by atoms with van der Waals surface area (Å²) in [5.74, 6) is 1.25. The predicted octanol–water partition coefficient (Wildman–Crippen LogP) is 3.61. The Labute approximate surface area is 134 Å². The molecule has 7 nitrogen and oxygen atoms in total. The Morgan fingerprint density at radius 1 is 1.35 bits per heavy atom. The second-order valence-corrected chi connectivity index (χ2v) is 4.93. The first-order valence-corrected chi connectivity index (χ1v) is 7.24. The number of rotatable bonds is 7. The molecule has 0 bridgehead atoms. The van der Waals surface area contributed by atoms with Crippen LogP contribution in [0.1, 0.15) is 25.8 Å². The van der Waals surface area contributed by atoms with E-state index in [2.05, 4.69) is 22.4 Å². The summed E-state index contributed by atoms with van der Waals surface area (Å²) >= 11 is 0. The quantitative estimate of drug-likeness (QED) is 0.479. The normalized spacial score (nSPS) is 12.1. The number of ether oxygens (including phenoxy) is 1. The lowest BCUT2D eigenvalue weighted by atomic mass is 10.2. The van der Waals surface area contributed by atoms with E-state index >= 15 is 0 Å². The van der Waals surface area contributed by atoms with Gasteiger partial charge in [0, 0.05) is 6.07 Å². The Balaban J connectivity index is 1.91. The largest absolute Gasteiger partial charge is 0.491 e. The van der Waals surface area contributed by atoms with Crippen molar-refractivity contribution in [2.24, 2.45) is 5.10 Å². The van der Waals surface area contributed by atoms with Gasteiger partial charge in [0.1, 0.15) is 17.8 Å². The Kier molecular flexibility index (Phi) is 5.62. The summed E-state index contributed by atoms with van der Waals surface area (Å²) in [6.07, 6.45) is 3.95. The van der Waals surface area contributed by atoms with Crippen molar-refractivity contribution in [3.05, 3.63) is 58.3 Å². The number of benzene rings is 1. The molecule has 0 unspecified atom stereocenters. The van der Waals surface area contributed by atoms with Gasteiger partial charge in [0.2, 0.25) is 0 Å². The first-order valence-electron chi connectivity index (χ1n) is 7.24. The van der Waals surface area contributed by atoms with E-state index in [0.717, 1.165) is 17.7 Å². The van der Waals surface area contributed by atoms with Crippen LogP contribution in [-0.4, -0.2) is 22.2 Å². The van der Waals surface area contributed by atoms with Crippen molar-refractivity contribution in [2.75, 3.05) is 5.43 Å². The van der Waals surface area contributed by atoms with Crippen molar-refractivity contribution < 1.29 is 9.66 Å². The average molecular weight is 314 g/mol.